The molecule has 0 bridgehead atoms. The molecule has 4 nitrogen and oxygen atoms in total. The maximum Gasteiger partial charge on any atom is 0.165 e. The summed E-state index contributed by atoms with van der Waals surface area (Å²) in [6.45, 7) is 0. The Morgan fingerprint density at radius 1 is 0.288 bits per heavy atom. The van der Waals surface area contributed by atoms with E-state index in [4.69, 9.17) is 15.0 Å². The molecule has 0 amide bonds. The first kappa shape index (κ1) is 36.7. The van der Waals surface area contributed by atoms with E-state index < -0.39 is 5.41 Å². The van der Waals surface area contributed by atoms with E-state index in [9.17, 15) is 0 Å². The molecule has 3 aliphatic rings. The normalized spacial score (nSPS) is 14.4. The maximum atomic E-state index is 5.52. The highest BCUT2D eigenvalue weighted by molar-refractivity contribution is 6.21. The van der Waals surface area contributed by atoms with Crippen LogP contribution in [0, 0.1) is 0 Å². The Kier molecular flexibility index (Phi) is 7.87. The van der Waals surface area contributed by atoms with Gasteiger partial charge in [0.2, 0.25) is 0 Å². The lowest BCUT2D eigenvalue weighted by Crippen LogP contribution is -2.26. The molecule has 11 aromatic rings. The largest absolute Gasteiger partial charge is 0.310 e. The molecule has 3 aliphatic carbocycles. The van der Waals surface area contributed by atoms with Crippen LogP contribution in [0.5, 0.6) is 0 Å². The first-order valence-electron chi connectivity index (χ1n) is 22.6. The number of nitrogens with zero attached hydrogens (tertiary/aromatic N) is 4. The lowest BCUT2D eigenvalue weighted by Gasteiger charge is -2.32. The van der Waals surface area contributed by atoms with E-state index in [1.54, 1.807) is 0 Å². The van der Waals surface area contributed by atoms with Gasteiger partial charge in [-0.25, -0.2) is 15.0 Å². The summed E-state index contributed by atoms with van der Waals surface area (Å²) in [7, 11) is 0. The van der Waals surface area contributed by atoms with Gasteiger partial charge in [0.15, 0.2) is 17.5 Å². The van der Waals surface area contributed by atoms with Crippen LogP contribution < -0.4 is 4.90 Å². The number of hydrogen-bond acceptors (Lipinski definition) is 4. The van der Waals surface area contributed by atoms with Gasteiger partial charge in [-0.15, -0.1) is 0 Å². The monoisotopic (exact) mass is 838 g/mol. The second-order valence-corrected chi connectivity index (χ2v) is 17.4. The number of benzene rings is 10. The van der Waals surface area contributed by atoms with Gasteiger partial charge in [0.25, 0.3) is 0 Å². The van der Waals surface area contributed by atoms with E-state index in [2.05, 4.69) is 223 Å². The Hall–Kier alpha value is -8.73. The Morgan fingerprint density at radius 3 is 1.42 bits per heavy atom. The molecule has 14 rings (SSSR count). The molecule has 4 heteroatoms. The van der Waals surface area contributed by atoms with Crippen molar-refractivity contribution in [3.63, 3.8) is 0 Å². The van der Waals surface area contributed by atoms with Gasteiger partial charge in [-0.2, -0.15) is 0 Å². The molecule has 306 valence electrons. The van der Waals surface area contributed by atoms with Crippen molar-refractivity contribution in [3.05, 3.63) is 253 Å². The highest BCUT2D eigenvalue weighted by Crippen LogP contribution is 2.67. The third-order valence-corrected chi connectivity index (χ3v) is 14.0. The van der Waals surface area contributed by atoms with Crippen molar-refractivity contribution in [2.45, 2.75) is 5.41 Å². The van der Waals surface area contributed by atoms with Gasteiger partial charge in [-0.05, 0) is 114 Å². The second-order valence-electron chi connectivity index (χ2n) is 17.4. The van der Waals surface area contributed by atoms with Crippen LogP contribution in [0.3, 0.4) is 0 Å². The maximum absolute atomic E-state index is 5.52. The Labute approximate surface area is 382 Å². The fourth-order valence-electron chi connectivity index (χ4n) is 11.4. The minimum atomic E-state index is -0.634. The average molecular weight is 839 g/mol. The molecule has 0 saturated heterocycles. The zero-order valence-electron chi connectivity index (χ0n) is 35.7. The Balaban J connectivity index is 1.11. The zero-order valence-corrected chi connectivity index (χ0v) is 35.7. The molecule has 0 aliphatic heterocycles. The summed E-state index contributed by atoms with van der Waals surface area (Å²) in [5, 5.41) is 2.49. The molecule has 1 aromatic heterocycles. The van der Waals surface area contributed by atoms with E-state index in [-0.39, 0.29) is 0 Å². The summed E-state index contributed by atoms with van der Waals surface area (Å²) in [5.74, 6) is 1.95. The van der Waals surface area contributed by atoms with Crippen LogP contribution in [0.1, 0.15) is 22.3 Å². The highest BCUT2D eigenvalue weighted by atomic mass is 15.1. The first-order valence-corrected chi connectivity index (χ1v) is 22.6. The van der Waals surface area contributed by atoms with Crippen LogP contribution in [0.4, 0.5) is 17.1 Å². The molecule has 10 aromatic carbocycles. The molecule has 1 spiro atoms. The molecule has 66 heavy (non-hydrogen) atoms. The molecule has 1 unspecified atom stereocenters. The number of fused-ring (bicyclic) bond motifs is 13. The highest BCUT2D eigenvalue weighted by Gasteiger charge is 2.53. The third kappa shape index (κ3) is 5.12. The molecule has 0 fully saturated rings. The molecule has 1 heterocycles. The Morgan fingerprint density at radius 2 is 0.788 bits per heavy atom. The van der Waals surface area contributed by atoms with E-state index in [0.29, 0.717) is 17.5 Å². The van der Waals surface area contributed by atoms with Crippen molar-refractivity contribution in [1.29, 1.82) is 0 Å². The SMILES string of the molecule is c1ccc(-c2nc(-c3ccccc3)nc(-c3c4c(cc5c3-c3ccccc3C53c5ccccc5-c5cc(N(c6ccccc6)c6ccccc6)ccc53)-c3cccc5cccc-4c35)n2)cc1. The van der Waals surface area contributed by atoms with Gasteiger partial charge in [0.1, 0.15) is 0 Å². The molecular weight excluding hydrogens is 801 g/mol. The minimum absolute atomic E-state index is 0.634. The average Bonchev–Trinajstić information content (AvgIpc) is 3.99. The van der Waals surface area contributed by atoms with Crippen LogP contribution in [-0.2, 0) is 5.41 Å². The molecule has 0 radical (unpaired) electrons. The summed E-state index contributed by atoms with van der Waals surface area (Å²) in [6.07, 6.45) is 0. The van der Waals surface area contributed by atoms with Gasteiger partial charge in [0, 0.05) is 39.3 Å². The van der Waals surface area contributed by atoms with E-state index in [1.165, 1.54) is 77.5 Å². The quantitative estimate of drug-likeness (QED) is 0.167. The van der Waals surface area contributed by atoms with Crippen molar-refractivity contribution < 1.29 is 0 Å². The van der Waals surface area contributed by atoms with Crippen molar-refractivity contribution in [2.75, 3.05) is 4.90 Å². The van der Waals surface area contributed by atoms with Gasteiger partial charge in [0.05, 0.1) is 5.41 Å². The van der Waals surface area contributed by atoms with Gasteiger partial charge < -0.3 is 4.90 Å². The van der Waals surface area contributed by atoms with Gasteiger partial charge in [-0.3, -0.25) is 0 Å². The van der Waals surface area contributed by atoms with Gasteiger partial charge >= 0.3 is 0 Å². The number of anilines is 3. The van der Waals surface area contributed by atoms with Crippen LogP contribution in [0.25, 0.3) is 89.4 Å². The fraction of sp³-hybridized carbons (Fsp3) is 0.0161. The number of aromatic nitrogens is 3. The first-order chi connectivity index (χ1) is 32.8. The number of hydrogen-bond donors (Lipinski definition) is 0. The van der Waals surface area contributed by atoms with Crippen LogP contribution in [-0.4, -0.2) is 15.0 Å². The van der Waals surface area contributed by atoms with E-state index in [0.717, 1.165) is 33.8 Å². The number of para-hydroxylation sites is 2. The molecule has 0 N–H and O–H groups in total. The summed E-state index contributed by atoms with van der Waals surface area (Å²) < 4.78 is 0. The topological polar surface area (TPSA) is 41.9 Å². The van der Waals surface area contributed by atoms with Crippen molar-refractivity contribution in [3.8, 4) is 78.7 Å². The molecular formula is C62H38N4. The fourth-order valence-corrected chi connectivity index (χ4v) is 11.4. The Bertz CT molecular complexity index is 3650. The predicted molar refractivity (Wildman–Crippen MR) is 269 cm³/mol. The zero-order chi connectivity index (χ0) is 43.3. The minimum Gasteiger partial charge on any atom is -0.310 e. The smallest absolute Gasteiger partial charge is 0.165 e. The standard InChI is InChI=1S/C62H38N4/c1-5-19-40(20-6-1)59-63-60(41-21-7-2-8-22-41)65-61(64-59)58-56-48-32-18-24-39-23-17-31-46(55(39)48)50(56)38-54-57(58)47-30-14-16-34-52(47)62(54)51-33-15-13-29-45(51)49-37-44(35-36-53(49)62)66(42-25-9-3-10-26-42)43-27-11-4-12-28-43/h1-38H. The second kappa shape index (κ2) is 14.1. The predicted octanol–water partition coefficient (Wildman–Crippen LogP) is 15.5. The summed E-state index contributed by atoms with van der Waals surface area (Å²) in [5.41, 5.74) is 20.3. The lowest BCUT2D eigenvalue weighted by molar-refractivity contribution is 0.794. The molecule has 1 atom stereocenters. The van der Waals surface area contributed by atoms with Crippen molar-refractivity contribution in [1.82, 2.24) is 15.0 Å². The van der Waals surface area contributed by atoms with Crippen LogP contribution in [0.2, 0.25) is 0 Å². The van der Waals surface area contributed by atoms with Crippen molar-refractivity contribution in [2.24, 2.45) is 0 Å². The summed E-state index contributed by atoms with van der Waals surface area (Å²) in [6, 6.07) is 83.3. The third-order valence-electron chi connectivity index (χ3n) is 14.0. The molecule has 0 saturated carbocycles. The van der Waals surface area contributed by atoms with Crippen LogP contribution in [0.15, 0.2) is 231 Å². The summed E-state index contributed by atoms with van der Waals surface area (Å²) >= 11 is 0. The van der Waals surface area contributed by atoms with E-state index in [1.807, 2.05) is 12.1 Å². The lowest BCUT2D eigenvalue weighted by atomic mass is 9.70. The van der Waals surface area contributed by atoms with Crippen molar-refractivity contribution >= 4 is 27.8 Å². The van der Waals surface area contributed by atoms with Gasteiger partial charge in [-0.1, -0.05) is 188 Å². The van der Waals surface area contributed by atoms with Crippen LogP contribution >= 0.6 is 0 Å². The number of rotatable bonds is 6. The summed E-state index contributed by atoms with van der Waals surface area (Å²) in [4.78, 5) is 18.6. The van der Waals surface area contributed by atoms with E-state index >= 15 is 0 Å².